The monoisotopic (exact) mass is 227 g/mol. The van der Waals surface area contributed by atoms with Crippen molar-refractivity contribution in [2.75, 3.05) is 12.8 Å². The second kappa shape index (κ2) is 6.18. The van der Waals surface area contributed by atoms with Crippen molar-refractivity contribution in [3.8, 4) is 0 Å². The number of nitrogens with zero attached hydrogens (tertiary/aromatic N) is 2. The van der Waals surface area contributed by atoms with E-state index in [9.17, 15) is 0 Å². The molecule has 1 aromatic heterocycles. The molecule has 15 heavy (non-hydrogen) atoms. The van der Waals surface area contributed by atoms with Crippen LogP contribution < -0.4 is 5.32 Å². The Kier molecular flexibility index (Phi) is 5.19. The van der Waals surface area contributed by atoms with Gasteiger partial charge in [0.25, 0.3) is 0 Å². The van der Waals surface area contributed by atoms with E-state index in [1.165, 1.54) is 12.0 Å². The van der Waals surface area contributed by atoms with Crippen LogP contribution >= 0.6 is 11.8 Å². The molecule has 86 valence electrons. The van der Waals surface area contributed by atoms with Crippen LogP contribution in [-0.2, 0) is 7.05 Å². The molecule has 1 heterocycles. The number of thioether (sulfide) groups is 1. The number of rotatable bonds is 6. The molecule has 0 fully saturated rings. The van der Waals surface area contributed by atoms with Gasteiger partial charge >= 0.3 is 0 Å². The molecule has 1 N–H and O–H groups in total. The van der Waals surface area contributed by atoms with Crippen LogP contribution in [0.2, 0.25) is 0 Å². The van der Waals surface area contributed by atoms with Crippen LogP contribution in [-0.4, -0.2) is 27.8 Å². The van der Waals surface area contributed by atoms with Gasteiger partial charge in [0.2, 0.25) is 0 Å². The fraction of sp³-hybridized carbons (Fsp3) is 0.727. The van der Waals surface area contributed by atoms with E-state index in [0.717, 1.165) is 11.0 Å². The van der Waals surface area contributed by atoms with Crippen LogP contribution in [0.15, 0.2) is 12.4 Å². The SMILES string of the molecule is CCC(C)SCC(NC)c1cnn(C)c1. The highest BCUT2D eigenvalue weighted by Gasteiger charge is 2.12. The van der Waals surface area contributed by atoms with Crippen molar-refractivity contribution in [1.29, 1.82) is 0 Å². The highest BCUT2D eigenvalue weighted by atomic mass is 32.2. The summed E-state index contributed by atoms with van der Waals surface area (Å²) in [5.41, 5.74) is 1.27. The summed E-state index contributed by atoms with van der Waals surface area (Å²) in [4.78, 5) is 0. The summed E-state index contributed by atoms with van der Waals surface area (Å²) in [5, 5.41) is 8.27. The van der Waals surface area contributed by atoms with Gasteiger partial charge in [-0.05, 0) is 13.5 Å². The first-order chi connectivity index (χ1) is 7.17. The first-order valence-corrected chi connectivity index (χ1v) is 6.49. The minimum Gasteiger partial charge on any atom is -0.312 e. The predicted molar refractivity (Wildman–Crippen MR) is 67.2 cm³/mol. The molecule has 0 bridgehead atoms. The molecule has 0 aliphatic carbocycles. The third-order valence-corrected chi connectivity index (χ3v) is 4.03. The molecule has 1 rings (SSSR count). The van der Waals surface area contributed by atoms with Crippen LogP contribution in [0.4, 0.5) is 0 Å². The maximum atomic E-state index is 4.20. The maximum Gasteiger partial charge on any atom is 0.0537 e. The molecule has 0 aliphatic heterocycles. The van der Waals surface area contributed by atoms with Gasteiger partial charge in [0.1, 0.15) is 0 Å². The lowest BCUT2D eigenvalue weighted by molar-refractivity contribution is 0.658. The fourth-order valence-electron chi connectivity index (χ4n) is 1.34. The summed E-state index contributed by atoms with van der Waals surface area (Å²) in [5.74, 6) is 1.11. The number of hydrogen-bond acceptors (Lipinski definition) is 3. The molecule has 1 aromatic rings. The molecular weight excluding hydrogens is 206 g/mol. The van der Waals surface area contributed by atoms with Gasteiger partial charge in [0.05, 0.1) is 6.20 Å². The van der Waals surface area contributed by atoms with Crippen molar-refractivity contribution in [2.45, 2.75) is 31.6 Å². The van der Waals surface area contributed by atoms with Crippen molar-refractivity contribution in [1.82, 2.24) is 15.1 Å². The summed E-state index contributed by atoms with van der Waals surface area (Å²) >= 11 is 2.01. The quantitative estimate of drug-likeness (QED) is 0.808. The van der Waals surface area contributed by atoms with Gasteiger partial charge in [-0.25, -0.2) is 0 Å². The van der Waals surface area contributed by atoms with E-state index < -0.39 is 0 Å². The zero-order chi connectivity index (χ0) is 11.3. The van der Waals surface area contributed by atoms with E-state index in [1.54, 1.807) is 0 Å². The second-order valence-corrected chi connectivity index (χ2v) is 5.31. The van der Waals surface area contributed by atoms with Crippen molar-refractivity contribution in [3.63, 3.8) is 0 Å². The molecule has 0 saturated carbocycles. The summed E-state index contributed by atoms with van der Waals surface area (Å²) in [6, 6.07) is 0.415. The van der Waals surface area contributed by atoms with Crippen molar-refractivity contribution in [3.05, 3.63) is 18.0 Å². The maximum absolute atomic E-state index is 4.20. The van der Waals surface area contributed by atoms with Crippen LogP contribution in [0, 0.1) is 0 Å². The normalized spacial score (nSPS) is 15.2. The van der Waals surface area contributed by atoms with E-state index in [1.807, 2.05) is 36.7 Å². The topological polar surface area (TPSA) is 29.9 Å². The van der Waals surface area contributed by atoms with Gasteiger partial charge in [-0.15, -0.1) is 0 Å². The molecule has 3 nitrogen and oxygen atoms in total. The minimum absolute atomic E-state index is 0.415. The number of nitrogens with one attached hydrogen (secondary N) is 1. The molecule has 0 radical (unpaired) electrons. The van der Waals surface area contributed by atoms with Crippen molar-refractivity contribution >= 4 is 11.8 Å². The molecule has 0 amide bonds. The van der Waals surface area contributed by atoms with Crippen molar-refractivity contribution in [2.24, 2.45) is 7.05 Å². The predicted octanol–water partition coefficient (Wildman–Crippen LogP) is 2.21. The largest absolute Gasteiger partial charge is 0.312 e. The summed E-state index contributed by atoms with van der Waals surface area (Å²) in [7, 11) is 3.97. The Bertz CT molecular complexity index is 285. The molecule has 0 aliphatic rings. The zero-order valence-electron chi connectivity index (χ0n) is 10.0. The lowest BCUT2D eigenvalue weighted by Gasteiger charge is -2.16. The van der Waals surface area contributed by atoms with Gasteiger partial charge in [0.15, 0.2) is 0 Å². The van der Waals surface area contributed by atoms with Crippen LogP contribution in [0.25, 0.3) is 0 Å². The van der Waals surface area contributed by atoms with Gasteiger partial charge in [-0.2, -0.15) is 16.9 Å². The highest BCUT2D eigenvalue weighted by Crippen LogP contribution is 2.21. The molecule has 0 spiro atoms. The second-order valence-electron chi connectivity index (χ2n) is 3.84. The third kappa shape index (κ3) is 3.87. The number of hydrogen-bond donors (Lipinski definition) is 1. The van der Waals surface area contributed by atoms with Crippen molar-refractivity contribution < 1.29 is 0 Å². The van der Waals surface area contributed by atoms with Crippen LogP contribution in [0.1, 0.15) is 31.9 Å². The summed E-state index contributed by atoms with van der Waals surface area (Å²) in [6.45, 7) is 4.51. The Labute approximate surface area is 96.6 Å². The standard InChI is InChI=1S/C11H21N3S/c1-5-9(2)15-8-11(12-3)10-6-13-14(4)7-10/h6-7,9,11-12H,5,8H2,1-4H3. The average molecular weight is 227 g/mol. The Morgan fingerprint density at radius 2 is 2.33 bits per heavy atom. The lowest BCUT2D eigenvalue weighted by atomic mass is 10.2. The molecule has 2 atom stereocenters. The van der Waals surface area contributed by atoms with E-state index in [0.29, 0.717) is 6.04 Å². The van der Waals surface area contributed by atoms with Gasteiger partial charge in [0, 0.05) is 35.9 Å². The Balaban J connectivity index is 2.49. The van der Waals surface area contributed by atoms with Crippen LogP contribution in [0.5, 0.6) is 0 Å². The summed E-state index contributed by atoms with van der Waals surface area (Å²) < 4.78 is 1.85. The van der Waals surface area contributed by atoms with E-state index >= 15 is 0 Å². The van der Waals surface area contributed by atoms with Crippen LogP contribution in [0.3, 0.4) is 0 Å². The Hall–Kier alpha value is -0.480. The molecular formula is C11H21N3S. The number of aryl methyl sites for hydroxylation is 1. The lowest BCUT2D eigenvalue weighted by Crippen LogP contribution is -2.19. The average Bonchev–Trinajstić information content (AvgIpc) is 2.65. The zero-order valence-corrected chi connectivity index (χ0v) is 10.8. The third-order valence-electron chi connectivity index (χ3n) is 2.60. The fourth-order valence-corrected chi connectivity index (χ4v) is 2.46. The van der Waals surface area contributed by atoms with Gasteiger partial charge in [-0.3, -0.25) is 4.68 Å². The Morgan fingerprint density at radius 3 is 2.80 bits per heavy atom. The highest BCUT2D eigenvalue weighted by molar-refractivity contribution is 7.99. The molecule has 0 aromatic carbocycles. The first-order valence-electron chi connectivity index (χ1n) is 5.44. The minimum atomic E-state index is 0.415. The first kappa shape index (κ1) is 12.6. The summed E-state index contributed by atoms with van der Waals surface area (Å²) in [6.07, 6.45) is 5.25. The number of aromatic nitrogens is 2. The molecule has 4 heteroatoms. The van der Waals surface area contributed by atoms with E-state index in [2.05, 4.69) is 30.5 Å². The van der Waals surface area contributed by atoms with E-state index in [-0.39, 0.29) is 0 Å². The van der Waals surface area contributed by atoms with E-state index in [4.69, 9.17) is 0 Å². The molecule has 0 saturated heterocycles. The Morgan fingerprint density at radius 1 is 1.60 bits per heavy atom. The van der Waals surface area contributed by atoms with Gasteiger partial charge in [-0.1, -0.05) is 13.8 Å². The smallest absolute Gasteiger partial charge is 0.0537 e. The molecule has 2 unspecified atom stereocenters. The van der Waals surface area contributed by atoms with Gasteiger partial charge < -0.3 is 5.32 Å².